The fourth-order valence-corrected chi connectivity index (χ4v) is 4.26. The van der Waals surface area contributed by atoms with Gasteiger partial charge >= 0.3 is 0 Å². The number of nitrogens with zero attached hydrogens (tertiary/aromatic N) is 12. The van der Waals surface area contributed by atoms with Crippen molar-refractivity contribution in [2.75, 3.05) is 39.3 Å². The molecule has 0 saturated carbocycles. The van der Waals surface area contributed by atoms with Crippen molar-refractivity contribution < 1.29 is 0 Å². The number of hydrogen-bond acceptors (Lipinski definition) is 9. The Morgan fingerprint density at radius 1 is 0.500 bits per heavy atom. The lowest BCUT2D eigenvalue weighted by Gasteiger charge is -2.24. The van der Waals surface area contributed by atoms with E-state index in [1.54, 1.807) is 0 Å². The molecule has 0 radical (unpaired) electrons. The van der Waals surface area contributed by atoms with Crippen molar-refractivity contribution in [2.24, 2.45) is 0 Å². The first-order valence-corrected chi connectivity index (χ1v) is 13.2. The summed E-state index contributed by atoms with van der Waals surface area (Å²) in [5.41, 5.74) is 3.04. The zero-order chi connectivity index (χ0) is 25.7. The van der Waals surface area contributed by atoms with Crippen LogP contribution in [0.3, 0.4) is 0 Å². The maximum atomic E-state index is 4.42. The summed E-state index contributed by atoms with van der Waals surface area (Å²) in [5.74, 6) is 0. The molecular formula is C24H42N12. The summed E-state index contributed by atoms with van der Waals surface area (Å²) in [6, 6.07) is 0.934. The molecule has 0 unspecified atom stereocenters. The van der Waals surface area contributed by atoms with Crippen molar-refractivity contribution in [2.45, 2.75) is 79.3 Å². The molecule has 4 heterocycles. The highest BCUT2D eigenvalue weighted by atomic mass is 15.5. The Bertz CT molecular complexity index is 919. The molecule has 36 heavy (non-hydrogen) atoms. The van der Waals surface area contributed by atoms with Crippen LogP contribution in [-0.4, -0.2) is 98.9 Å². The van der Waals surface area contributed by atoms with Gasteiger partial charge in [0.05, 0.1) is 35.7 Å². The third kappa shape index (κ3) is 7.17. The van der Waals surface area contributed by atoms with Gasteiger partial charge in [-0.25, -0.2) is 14.0 Å². The normalized spacial score (nSPS) is 17.2. The van der Waals surface area contributed by atoms with Gasteiger partial charge in [-0.1, -0.05) is 15.6 Å². The van der Waals surface area contributed by atoms with Crippen molar-refractivity contribution in [3.8, 4) is 0 Å². The smallest absolute Gasteiger partial charge is 0.0967 e. The lowest BCUT2D eigenvalue weighted by Crippen LogP contribution is -2.35. The van der Waals surface area contributed by atoms with Gasteiger partial charge in [-0.15, -0.1) is 15.3 Å². The SMILES string of the molecule is CC(C)n1cc(CN2CCN(Cc3cn(C(C)C)nn3)CCN(Cc3cn(C(C)C)nn3)CC2)nn1. The molecule has 0 atom stereocenters. The van der Waals surface area contributed by atoms with Gasteiger partial charge in [-0.05, 0) is 41.5 Å². The van der Waals surface area contributed by atoms with Gasteiger partial charge in [0.15, 0.2) is 0 Å². The zero-order valence-electron chi connectivity index (χ0n) is 22.7. The Kier molecular flexibility index (Phi) is 8.81. The second-order valence-electron chi connectivity index (χ2n) is 10.7. The lowest BCUT2D eigenvalue weighted by atomic mass is 10.3. The van der Waals surface area contributed by atoms with Gasteiger partial charge in [-0.2, -0.15) is 0 Å². The molecule has 1 aliphatic heterocycles. The lowest BCUT2D eigenvalue weighted by molar-refractivity contribution is 0.206. The van der Waals surface area contributed by atoms with E-state index in [0.29, 0.717) is 18.1 Å². The van der Waals surface area contributed by atoms with E-state index in [9.17, 15) is 0 Å². The van der Waals surface area contributed by atoms with Crippen LogP contribution in [0.2, 0.25) is 0 Å². The maximum Gasteiger partial charge on any atom is 0.0967 e. The zero-order valence-corrected chi connectivity index (χ0v) is 22.7. The Morgan fingerprint density at radius 3 is 0.944 bits per heavy atom. The molecule has 198 valence electrons. The molecule has 12 nitrogen and oxygen atoms in total. The molecule has 1 aliphatic rings. The van der Waals surface area contributed by atoms with Crippen LogP contribution in [0.4, 0.5) is 0 Å². The second-order valence-corrected chi connectivity index (χ2v) is 10.7. The van der Waals surface area contributed by atoms with E-state index < -0.39 is 0 Å². The fraction of sp³-hybridized carbons (Fsp3) is 0.750. The summed E-state index contributed by atoms with van der Waals surface area (Å²) >= 11 is 0. The summed E-state index contributed by atoms with van der Waals surface area (Å²) in [7, 11) is 0. The van der Waals surface area contributed by atoms with Crippen molar-refractivity contribution in [3.05, 3.63) is 35.7 Å². The third-order valence-corrected chi connectivity index (χ3v) is 6.61. The van der Waals surface area contributed by atoms with E-state index >= 15 is 0 Å². The van der Waals surface area contributed by atoms with Crippen molar-refractivity contribution in [3.63, 3.8) is 0 Å². The van der Waals surface area contributed by atoms with E-state index in [1.165, 1.54) is 0 Å². The molecule has 0 amide bonds. The van der Waals surface area contributed by atoms with Crippen LogP contribution in [0.1, 0.15) is 76.7 Å². The minimum absolute atomic E-state index is 0.311. The minimum Gasteiger partial charge on any atom is -0.295 e. The topological polar surface area (TPSA) is 102 Å². The molecule has 1 saturated heterocycles. The Hall–Kier alpha value is -2.70. The summed E-state index contributed by atoms with van der Waals surface area (Å²) < 4.78 is 5.79. The van der Waals surface area contributed by atoms with Gasteiger partial charge < -0.3 is 0 Å². The average Bonchev–Trinajstić information content (AvgIpc) is 3.59. The van der Waals surface area contributed by atoms with Gasteiger partial charge in [-0.3, -0.25) is 14.7 Å². The summed E-state index contributed by atoms with van der Waals surface area (Å²) in [6.07, 6.45) is 6.21. The number of rotatable bonds is 9. The van der Waals surface area contributed by atoms with Crippen LogP contribution in [0.15, 0.2) is 18.6 Å². The van der Waals surface area contributed by atoms with Crippen LogP contribution in [0, 0.1) is 0 Å². The predicted octanol–water partition coefficient (Wildman–Crippen LogP) is 2.02. The van der Waals surface area contributed by atoms with Gasteiger partial charge in [0.2, 0.25) is 0 Å². The number of hydrogen-bond donors (Lipinski definition) is 0. The van der Waals surface area contributed by atoms with E-state index in [2.05, 4.69) is 106 Å². The molecule has 3 aromatic rings. The quantitative estimate of drug-likeness (QED) is 0.438. The highest BCUT2D eigenvalue weighted by Crippen LogP contribution is 2.12. The van der Waals surface area contributed by atoms with Crippen LogP contribution in [0.25, 0.3) is 0 Å². The highest BCUT2D eigenvalue weighted by molar-refractivity contribution is 4.97. The first-order valence-electron chi connectivity index (χ1n) is 13.2. The van der Waals surface area contributed by atoms with Crippen molar-refractivity contribution >= 4 is 0 Å². The third-order valence-electron chi connectivity index (χ3n) is 6.61. The van der Waals surface area contributed by atoms with E-state index in [-0.39, 0.29) is 0 Å². The molecule has 12 heteroatoms. The van der Waals surface area contributed by atoms with Gasteiger partial charge in [0.1, 0.15) is 0 Å². The van der Waals surface area contributed by atoms with Crippen LogP contribution < -0.4 is 0 Å². The first kappa shape index (κ1) is 26.4. The average molecular weight is 499 g/mol. The molecule has 0 aliphatic carbocycles. The molecule has 3 aromatic heterocycles. The molecule has 0 bridgehead atoms. The first-order chi connectivity index (χ1) is 17.3. The van der Waals surface area contributed by atoms with E-state index in [4.69, 9.17) is 0 Å². The second kappa shape index (κ2) is 12.0. The molecule has 0 aromatic carbocycles. The van der Waals surface area contributed by atoms with Crippen molar-refractivity contribution in [1.82, 2.24) is 59.7 Å². The Morgan fingerprint density at radius 2 is 0.750 bits per heavy atom. The van der Waals surface area contributed by atoms with Crippen LogP contribution in [0.5, 0.6) is 0 Å². The van der Waals surface area contributed by atoms with Crippen LogP contribution >= 0.6 is 0 Å². The van der Waals surface area contributed by atoms with Crippen molar-refractivity contribution in [1.29, 1.82) is 0 Å². The van der Waals surface area contributed by atoms with Gasteiger partial charge in [0.25, 0.3) is 0 Å². The van der Waals surface area contributed by atoms with Gasteiger partial charge in [0, 0.05) is 77.0 Å². The molecule has 4 rings (SSSR count). The number of aromatic nitrogens is 9. The monoisotopic (exact) mass is 498 g/mol. The Labute approximate surface area is 214 Å². The molecule has 0 spiro atoms. The molecular weight excluding hydrogens is 456 g/mol. The van der Waals surface area contributed by atoms with E-state index in [1.807, 2.05) is 14.0 Å². The molecule has 0 N–H and O–H groups in total. The standard InChI is InChI=1S/C24H42N12/c1-19(2)34-16-22(25-28-34)13-31-7-9-32(14-23-17-35(20(3)4)29-26-23)11-12-33(10-8-31)15-24-18-36(21(5)6)30-27-24/h16-21H,7-15H2,1-6H3. The molecule has 1 fully saturated rings. The predicted molar refractivity (Wildman–Crippen MR) is 137 cm³/mol. The largest absolute Gasteiger partial charge is 0.295 e. The van der Waals surface area contributed by atoms with E-state index in [0.717, 1.165) is 76.0 Å². The minimum atomic E-state index is 0.311. The maximum absolute atomic E-state index is 4.42. The summed E-state index contributed by atoms with van der Waals surface area (Å²) in [4.78, 5) is 7.45. The van der Waals surface area contributed by atoms with Crippen LogP contribution in [-0.2, 0) is 19.6 Å². The summed E-state index contributed by atoms with van der Waals surface area (Å²) in [6.45, 7) is 20.9. The fourth-order valence-electron chi connectivity index (χ4n) is 4.26. The Balaban J connectivity index is 1.46. The highest BCUT2D eigenvalue weighted by Gasteiger charge is 2.20. The summed E-state index contributed by atoms with van der Waals surface area (Å²) in [5, 5.41) is 26.2.